The van der Waals surface area contributed by atoms with Crippen LogP contribution in [0.4, 0.5) is 0 Å². The van der Waals surface area contributed by atoms with Gasteiger partial charge in [0.2, 0.25) is 15.9 Å². The molecule has 144 valence electrons. The van der Waals surface area contributed by atoms with Crippen LogP contribution in [0.1, 0.15) is 36.9 Å². The van der Waals surface area contributed by atoms with Crippen LogP contribution in [-0.2, 0) is 20.6 Å². The Kier molecular flexibility index (Phi) is 6.29. The van der Waals surface area contributed by atoms with Gasteiger partial charge in [-0.3, -0.25) is 4.79 Å². The number of amides is 1. The first-order chi connectivity index (χ1) is 13.0. The van der Waals surface area contributed by atoms with E-state index < -0.39 is 10.0 Å². The van der Waals surface area contributed by atoms with Crippen molar-refractivity contribution in [3.05, 3.63) is 71.8 Å². The average Bonchev–Trinajstić information content (AvgIpc) is 2.69. The average molecular weight is 387 g/mol. The van der Waals surface area contributed by atoms with Crippen molar-refractivity contribution in [2.45, 2.75) is 31.6 Å². The number of sulfonamides is 1. The van der Waals surface area contributed by atoms with Crippen LogP contribution in [-0.4, -0.2) is 31.7 Å². The van der Waals surface area contributed by atoms with E-state index in [2.05, 4.69) is 5.32 Å². The van der Waals surface area contributed by atoms with Gasteiger partial charge in [0, 0.05) is 19.0 Å². The lowest BCUT2D eigenvalue weighted by atomic mass is 9.96. The molecule has 2 aromatic rings. The lowest BCUT2D eigenvalue weighted by Crippen LogP contribution is -2.43. The highest BCUT2D eigenvalue weighted by Gasteiger charge is 2.31. The van der Waals surface area contributed by atoms with Gasteiger partial charge in [0.25, 0.3) is 0 Å². The van der Waals surface area contributed by atoms with E-state index in [4.69, 9.17) is 0 Å². The summed E-state index contributed by atoms with van der Waals surface area (Å²) < 4.78 is 26.8. The van der Waals surface area contributed by atoms with Crippen molar-refractivity contribution in [3.8, 4) is 0 Å². The van der Waals surface area contributed by atoms with E-state index in [1.807, 2.05) is 67.6 Å². The molecule has 1 N–H and O–H groups in total. The molecule has 0 aliphatic carbocycles. The zero-order chi connectivity index (χ0) is 19.3. The molecular weight excluding hydrogens is 360 g/mol. The summed E-state index contributed by atoms with van der Waals surface area (Å²) in [5, 5.41) is 3.05. The van der Waals surface area contributed by atoms with Crippen LogP contribution in [0.3, 0.4) is 0 Å². The number of rotatable bonds is 6. The number of piperidine rings is 1. The van der Waals surface area contributed by atoms with Crippen LogP contribution in [0.15, 0.2) is 60.7 Å². The monoisotopic (exact) mass is 386 g/mol. The Morgan fingerprint density at radius 1 is 1.04 bits per heavy atom. The van der Waals surface area contributed by atoms with Gasteiger partial charge in [-0.2, -0.15) is 0 Å². The third-order valence-electron chi connectivity index (χ3n) is 5.07. The molecule has 1 heterocycles. The van der Waals surface area contributed by atoms with E-state index in [1.54, 1.807) is 0 Å². The molecule has 1 amide bonds. The van der Waals surface area contributed by atoms with E-state index in [9.17, 15) is 13.2 Å². The smallest absolute Gasteiger partial charge is 0.223 e. The molecule has 0 radical (unpaired) electrons. The predicted octanol–water partition coefficient (Wildman–Crippen LogP) is 3.11. The first kappa shape index (κ1) is 19.6. The van der Waals surface area contributed by atoms with Crippen LogP contribution < -0.4 is 5.32 Å². The third kappa shape index (κ3) is 5.17. The maximum Gasteiger partial charge on any atom is 0.223 e. The van der Waals surface area contributed by atoms with Gasteiger partial charge in [0.15, 0.2) is 0 Å². The van der Waals surface area contributed by atoms with Crippen LogP contribution in [0, 0.1) is 5.92 Å². The number of hydrogen-bond donors (Lipinski definition) is 1. The van der Waals surface area contributed by atoms with Crippen LogP contribution in [0.25, 0.3) is 0 Å². The summed E-state index contributed by atoms with van der Waals surface area (Å²) >= 11 is 0. The van der Waals surface area contributed by atoms with Gasteiger partial charge >= 0.3 is 0 Å². The Bertz CT molecular complexity index is 846. The van der Waals surface area contributed by atoms with E-state index >= 15 is 0 Å². The molecule has 1 aliphatic heterocycles. The minimum absolute atomic E-state index is 0.00598. The second-order valence-corrected chi connectivity index (χ2v) is 9.03. The standard InChI is InChI=1S/C21H26N2O3S/c1-17(19-10-6-3-7-11-19)22-21(24)20-12-14-23(15-13-20)27(25,26)16-18-8-4-2-5-9-18/h2-11,17,20H,12-16H2,1H3,(H,22,24)/t17-/m1/s1. The lowest BCUT2D eigenvalue weighted by Gasteiger charge is -2.31. The molecule has 6 heteroatoms. The minimum Gasteiger partial charge on any atom is -0.349 e. The summed E-state index contributed by atoms with van der Waals surface area (Å²) in [6.45, 7) is 2.76. The number of benzene rings is 2. The van der Waals surface area contributed by atoms with Crippen molar-refractivity contribution < 1.29 is 13.2 Å². The van der Waals surface area contributed by atoms with Gasteiger partial charge < -0.3 is 5.32 Å². The molecule has 1 atom stereocenters. The number of carbonyl (C=O) groups is 1. The molecule has 0 saturated carbocycles. The fraction of sp³-hybridized carbons (Fsp3) is 0.381. The summed E-state index contributed by atoms with van der Waals surface area (Å²) in [5.41, 5.74) is 1.85. The van der Waals surface area contributed by atoms with E-state index in [-0.39, 0.29) is 23.6 Å². The van der Waals surface area contributed by atoms with Crippen LogP contribution in [0.5, 0.6) is 0 Å². The van der Waals surface area contributed by atoms with Crippen molar-refractivity contribution in [1.29, 1.82) is 0 Å². The largest absolute Gasteiger partial charge is 0.349 e. The molecule has 0 bridgehead atoms. The molecule has 1 aliphatic rings. The maximum atomic E-state index is 12.6. The fourth-order valence-electron chi connectivity index (χ4n) is 3.43. The van der Waals surface area contributed by atoms with E-state index in [0.717, 1.165) is 11.1 Å². The number of nitrogens with zero attached hydrogens (tertiary/aromatic N) is 1. The summed E-state index contributed by atoms with van der Waals surface area (Å²) in [7, 11) is -3.35. The summed E-state index contributed by atoms with van der Waals surface area (Å²) in [4.78, 5) is 12.6. The molecule has 0 unspecified atom stereocenters. The number of hydrogen-bond acceptors (Lipinski definition) is 3. The lowest BCUT2D eigenvalue weighted by molar-refractivity contribution is -0.126. The first-order valence-electron chi connectivity index (χ1n) is 9.33. The molecule has 2 aromatic carbocycles. The van der Waals surface area contributed by atoms with E-state index in [0.29, 0.717) is 25.9 Å². The van der Waals surface area contributed by atoms with Gasteiger partial charge in [-0.1, -0.05) is 60.7 Å². The Balaban J connectivity index is 1.53. The second kappa shape index (κ2) is 8.67. The van der Waals surface area contributed by atoms with Crippen LogP contribution in [0.2, 0.25) is 0 Å². The third-order valence-corrected chi connectivity index (χ3v) is 6.92. The Labute approximate surface area is 161 Å². The van der Waals surface area contributed by atoms with Crippen molar-refractivity contribution in [1.82, 2.24) is 9.62 Å². The second-order valence-electron chi connectivity index (χ2n) is 7.06. The predicted molar refractivity (Wildman–Crippen MR) is 106 cm³/mol. The number of carbonyl (C=O) groups excluding carboxylic acids is 1. The summed E-state index contributed by atoms with van der Waals surface area (Å²) in [5.74, 6) is -0.124. The molecule has 1 saturated heterocycles. The highest BCUT2D eigenvalue weighted by Crippen LogP contribution is 2.23. The molecule has 5 nitrogen and oxygen atoms in total. The topological polar surface area (TPSA) is 66.5 Å². The normalized spacial score (nSPS) is 17.4. The zero-order valence-electron chi connectivity index (χ0n) is 15.5. The van der Waals surface area contributed by atoms with Crippen molar-refractivity contribution >= 4 is 15.9 Å². The molecule has 0 spiro atoms. The SMILES string of the molecule is C[C@@H](NC(=O)C1CCN(S(=O)(=O)Cc2ccccc2)CC1)c1ccccc1. The van der Waals surface area contributed by atoms with Gasteiger partial charge in [0.05, 0.1) is 11.8 Å². The Morgan fingerprint density at radius 3 is 2.19 bits per heavy atom. The molecule has 3 rings (SSSR count). The van der Waals surface area contributed by atoms with E-state index in [1.165, 1.54) is 4.31 Å². The molecule has 0 aromatic heterocycles. The summed E-state index contributed by atoms with van der Waals surface area (Å²) in [6, 6.07) is 19.0. The van der Waals surface area contributed by atoms with Gasteiger partial charge in [0.1, 0.15) is 0 Å². The molecule has 1 fully saturated rings. The Morgan fingerprint density at radius 2 is 1.59 bits per heavy atom. The van der Waals surface area contributed by atoms with Crippen molar-refractivity contribution in [2.75, 3.05) is 13.1 Å². The zero-order valence-corrected chi connectivity index (χ0v) is 16.4. The van der Waals surface area contributed by atoms with Crippen molar-refractivity contribution in [2.24, 2.45) is 5.92 Å². The highest BCUT2D eigenvalue weighted by molar-refractivity contribution is 7.88. The fourth-order valence-corrected chi connectivity index (χ4v) is 4.99. The Hall–Kier alpha value is -2.18. The quantitative estimate of drug-likeness (QED) is 0.830. The van der Waals surface area contributed by atoms with Crippen molar-refractivity contribution in [3.63, 3.8) is 0 Å². The first-order valence-corrected chi connectivity index (χ1v) is 10.9. The summed E-state index contributed by atoms with van der Waals surface area (Å²) in [6.07, 6.45) is 1.11. The highest BCUT2D eigenvalue weighted by atomic mass is 32.2. The number of nitrogens with one attached hydrogen (secondary N) is 1. The van der Waals surface area contributed by atoms with Gasteiger partial charge in [-0.15, -0.1) is 0 Å². The van der Waals surface area contributed by atoms with Gasteiger partial charge in [-0.25, -0.2) is 12.7 Å². The minimum atomic E-state index is -3.35. The molecule has 27 heavy (non-hydrogen) atoms. The maximum absolute atomic E-state index is 12.6. The van der Waals surface area contributed by atoms with Gasteiger partial charge in [-0.05, 0) is 30.9 Å². The van der Waals surface area contributed by atoms with Crippen LogP contribution >= 0.6 is 0 Å². The molecular formula is C21H26N2O3S.